The molecule has 0 bridgehead atoms. The minimum atomic E-state index is -0.225. The van der Waals surface area contributed by atoms with Gasteiger partial charge in [0.15, 0.2) is 0 Å². The number of rotatable bonds is 5. The van der Waals surface area contributed by atoms with Crippen molar-refractivity contribution in [2.24, 2.45) is 5.84 Å². The maximum atomic E-state index is 12.6. The van der Waals surface area contributed by atoms with Gasteiger partial charge >= 0.3 is 0 Å². The lowest BCUT2D eigenvalue weighted by molar-refractivity contribution is 0.592. The lowest BCUT2D eigenvalue weighted by Crippen LogP contribution is -2.36. The molecule has 1 aromatic rings. The van der Waals surface area contributed by atoms with Crippen molar-refractivity contribution in [1.82, 2.24) is 5.43 Å². The zero-order valence-corrected chi connectivity index (χ0v) is 9.06. The lowest BCUT2D eigenvalue weighted by Gasteiger charge is -2.11. The van der Waals surface area contributed by atoms with E-state index >= 15 is 0 Å². The zero-order valence-electron chi connectivity index (χ0n) is 8.24. The van der Waals surface area contributed by atoms with Crippen LogP contribution in [0.4, 0.5) is 4.39 Å². The summed E-state index contributed by atoms with van der Waals surface area (Å²) in [5.74, 6) is 8.42. The van der Waals surface area contributed by atoms with Crippen LogP contribution in [0.25, 0.3) is 0 Å². The molecule has 0 aliphatic carbocycles. The Morgan fingerprint density at radius 1 is 1.47 bits per heavy atom. The van der Waals surface area contributed by atoms with E-state index in [1.54, 1.807) is 23.9 Å². The fourth-order valence-electron chi connectivity index (χ4n) is 1.04. The molecule has 1 unspecified atom stereocenters. The Morgan fingerprint density at radius 2 is 2.13 bits per heavy atom. The predicted octanol–water partition coefficient (Wildman–Crippen LogP) is 1.77. The molecule has 1 atom stereocenters. The van der Waals surface area contributed by atoms with Gasteiger partial charge < -0.3 is 0 Å². The van der Waals surface area contributed by atoms with Gasteiger partial charge in [-0.1, -0.05) is 0 Å². The first-order chi connectivity index (χ1) is 7.26. The molecule has 0 spiro atoms. The van der Waals surface area contributed by atoms with Gasteiger partial charge in [-0.3, -0.25) is 11.3 Å². The molecule has 0 amide bonds. The number of hydrogen-bond donors (Lipinski definition) is 2. The minimum absolute atomic E-state index is 0.0880. The number of hydrogen-bond acceptors (Lipinski definition) is 3. The van der Waals surface area contributed by atoms with Gasteiger partial charge in [0.05, 0.1) is 0 Å². The average Bonchev–Trinajstić information content (AvgIpc) is 2.26. The van der Waals surface area contributed by atoms with Crippen molar-refractivity contribution in [3.05, 3.63) is 30.1 Å². The Hall–Kier alpha value is -1.02. The second-order valence-corrected chi connectivity index (χ2v) is 4.13. The fourth-order valence-corrected chi connectivity index (χ4v) is 1.97. The van der Waals surface area contributed by atoms with Gasteiger partial charge in [0.25, 0.3) is 0 Å². The summed E-state index contributed by atoms with van der Waals surface area (Å²) >= 11 is 1.60. The normalized spacial score (nSPS) is 12.1. The van der Waals surface area contributed by atoms with Crippen LogP contribution in [-0.2, 0) is 0 Å². The summed E-state index contributed by atoms with van der Waals surface area (Å²) < 4.78 is 12.6. The monoisotopic (exact) mass is 224 g/mol. The number of hydrazine groups is 1. The summed E-state index contributed by atoms with van der Waals surface area (Å²) in [6, 6.07) is 6.44. The first-order valence-electron chi connectivity index (χ1n) is 4.54. The van der Waals surface area contributed by atoms with Gasteiger partial charge in [0, 0.05) is 23.1 Å². The third-order valence-corrected chi connectivity index (χ3v) is 3.04. The summed E-state index contributed by atoms with van der Waals surface area (Å²) in [6.07, 6.45) is 5.78. The highest BCUT2D eigenvalue weighted by Gasteiger charge is 2.05. The van der Waals surface area contributed by atoms with Crippen LogP contribution in [0.1, 0.15) is 6.42 Å². The van der Waals surface area contributed by atoms with Gasteiger partial charge in [0.1, 0.15) is 5.82 Å². The second kappa shape index (κ2) is 6.46. The summed E-state index contributed by atoms with van der Waals surface area (Å²) in [7, 11) is 0. The summed E-state index contributed by atoms with van der Waals surface area (Å²) in [5.41, 5.74) is 2.65. The summed E-state index contributed by atoms with van der Waals surface area (Å²) in [5, 5.41) is 0. The van der Waals surface area contributed by atoms with Crippen LogP contribution in [0.3, 0.4) is 0 Å². The predicted molar refractivity (Wildman–Crippen MR) is 61.7 cm³/mol. The van der Waals surface area contributed by atoms with E-state index in [1.807, 2.05) is 0 Å². The SMILES string of the molecule is C#CCC(CSc1ccc(F)cc1)NN. The molecule has 80 valence electrons. The van der Waals surface area contributed by atoms with Crippen LogP contribution in [0.2, 0.25) is 0 Å². The van der Waals surface area contributed by atoms with Crippen LogP contribution < -0.4 is 11.3 Å². The van der Waals surface area contributed by atoms with Gasteiger partial charge in [-0.2, -0.15) is 0 Å². The molecule has 0 radical (unpaired) electrons. The molecule has 4 heteroatoms. The quantitative estimate of drug-likeness (QED) is 0.346. The topological polar surface area (TPSA) is 38.0 Å². The molecule has 0 fully saturated rings. The van der Waals surface area contributed by atoms with E-state index < -0.39 is 0 Å². The molecule has 1 aromatic carbocycles. The molecular formula is C11H13FN2S. The first kappa shape index (κ1) is 12.1. The van der Waals surface area contributed by atoms with Crippen molar-refractivity contribution in [1.29, 1.82) is 0 Å². The van der Waals surface area contributed by atoms with E-state index in [0.29, 0.717) is 6.42 Å². The molecule has 0 aliphatic heterocycles. The Balaban J connectivity index is 2.42. The highest BCUT2D eigenvalue weighted by atomic mass is 32.2. The molecule has 15 heavy (non-hydrogen) atoms. The Bertz CT molecular complexity index is 331. The van der Waals surface area contributed by atoms with Crippen molar-refractivity contribution >= 4 is 11.8 Å². The Labute approximate surface area is 93.4 Å². The van der Waals surface area contributed by atoms with Crippen LogP contribution in [0.15, 0.2) is 29.2 Å². The molecule has 0 saturated heterocycles. The number of terminal acetylenes is 1. The molecule has 3 N–H and O–H groups in total. The van der Waals surface area contributed by atoms with Crippen LogP contribution in [0, 0.1) is 18.2 Å². The van der Waals surface area contributed by atoms with E-state index in [-0.39, 0.29) is 11.9 Å². The van der Waals surface area contributed by atoms with Gasteiger partial charge in [-0.05, 0) is 24.3 Å². The second-order valence-electron chi connectivity index (χ2n) is 3.04. The maximum absolute atomic E-state index is 12.6. The zero-order chi connectivity index (χ0) is 11.1. The third-order valence-electron chi connectivity index (χ3n) is 1.86. The van der Waals surface area contributed by atoms with Crippen LogP contribution in [0.5, 0.6) is 0 Å². The Morgan fingerprint density at radius 3 is 2.67 bits per heavy atom. The fraction of sp³-hybridized carbons (Fsp3) is 0.273. The van der Waals surface area contributed by atoms with Crippen molar-refractivity contribution in [2.45, 2.75) is 17.4 Å². The third kappa shape index (κ3) is 4.34. The highest BCUT2D eigenvalue weighted by molar-refractivity contribution is 7.99. The number of benzene rings is 1. The smallest absolute Gasteiger partial charge is 0.123 e. The summed E-state index contributed by atoms with van der Waals surface area (Å²) in [6.45, 7) is 0. The molecule has 0 aromatic heterocycles. The lowest BCUT2D eigenvalue weighted by atomic mass is 10.3. The number of nitrogens with two attached hydrogens (primary N) is 1. The summed E-state index contributed by atoms with van der Waals surface area (Å²) in [4.78, 5) is 1.01. The standard InChI is InChI=1S/C11H13FN2S/c1-2-3-10(14-13)8-15-11-6-4-9(12)5-7-11/h1,4-7,10,14H,3,8,13H2. The largest absolute Gasteiger partial charge is 0.271 e. The highest BCUT2D eigenvalue weighted by Crippen LogP contribution is 2.19. The van der Waals surface area contributed by atoms with Crippen molar-refractivity contribution < 1.29 is 4.39 Å². The Kier molecular flexibility index (Phi) is 5.19. The number of thioether (sulfide) groups is 1. The number of halogens is 1. The van der Waals surface area contributed by atoms with E-state index in [9.17, 15) is 4.39 Å². The van der Waals surface area contributed by atoms with Crippen molar-refractivity contribution in [3.63, 3.8) is 0 Å². The van der Waals surface area contributed by atoms with Crippen LogP contribution in [-0.4, -0.2) is 11.8 Å². The molecule has 1 rings (SSSR count). The van der Waals surface area contributed by atoms with E-state index in [0.717, 1.165) is 10.6 Å². The van der Waals surface area contributed by atoms with E-state index in [2.05, 4.69) is 11.3 Å². The minimum Gasteiger partial charge on any atom is -0.271 e. The molecule has 0 aliphatic rings. The maximum Gasteiger partial charge on any atom is 0.123 e. The molecule has 0 heterocycles. The van der Waals surface area contributed by atoms with Gasteiger partial charge in [-0.15, -0.1) is 24.1 Å². The van der Waals surface area contributed by atoms with E-state index in [4.69, 9.17) is 12.3 Å². The average molecular weight is 224 g/mol. The van der Waals surface area contributed by atoms with Crippen molar-refractivity contribution in [2.75, 3.05) is 5.75 Å². The van der Waals surface area contributed by atoms with Crippen LogP contribution >= 0.6 is 11.8 Å². The van der Waals surface area contributed by atoms with Gasteiger partial charge in [-0.25, -0.2) is 4.39 Å². The first-order valence-corrected chi connectivity index (χ1v) is 5.52. The van der Waals surface area contributed by atoms with Gasteiger partial charge in [0.2, 0.25) is 0 Å². The van der Waals surface area contributed by atoms with Crippen molar-refractivity contribution in [3.8, 4) is 12.3 Å². The molecule has 2 nitrogen and oxygen atoms in total. The van der Waals surface area contributed by atoms with E-state index in [1.165, 1.54) is 12.1 Å². The number of nitrogens with one attached hydrogen (secondary N) is 1. The molecular weight excluding hydrogens is 211 g/mol. The molecule has 0 saturated carbocycles.